The molecule has 6 heteroatoms. The van der Waals surface area contributed by atoms with E-state index >= 15 is 0 Å². The van der Waals surface area contributed by atoms with Gasteiger partial charge in [-0.15, -0.1) is 11.3 Å². The number of nitrogens with one attached hydrogen (secondary N) is 1. The highest BCUT2D eigenvalue weighted by molar-refractivity contribution is 7.10. The molecule has 0 aliphatic heterocycles. The third kappa shape index (κ3) is 2.25. The molecule has 1 amide bonds. The highest BCUT2D eigenvalue weighted by Crippen LogP contribution is 2.28. The molecule has 0 spiro atoms. The molecule has 0 atom stereocenters. The molecule has 1 aromatic rings. The molecule has 1 aromatic heterocycles. The Morgan fingerprint density at radius 2 is 2.00 bits per heavy atom. The Bertz CT molecular complexity index is 336. The first-order chi connectivity index (χ1) is 6.32. The van der Waals surface area contributed by atoms with Gasteiger partial charge in [0.05, 0.1) is 5.69 Å². The van der Waals surface area contributed by atoms with Crippen molar-refractivity contribution in [3.63, 3.8) is 0 Å². The fourth-order valence-electron chi connectivity index (χ4n) is 0.943. The van der Waals surface area contributed by atoms with Crippen molar-refractivity contribution in [1.82, 2.24) is 0 Å². The highest BCUT2D eigenvalue weighted by Gasteiger charge is 2.39. The number of hydrogen-bond acceptors (Lipinski definition) is 2. The molecule has 14 heavy (non-hydrogen) atoms. The van der Waals surface area contributed by atoms with Crippen LogP contribution in [0.4, 0.5) is 18.9 Å². The standard InChI is InChI=1S/C8H8F3NOS/c1-4-3-14-5(2)6(4)12-7(13)8(9,10)11/h3H,1-2H3,(H,12,13). The number of anilines is 1. The van der Waals surface area contributed by atoms with Crippen LogP contribution in [0.5, 0.6) is 0 Å². The second kappa shape index (κ2) is 3.61. The van der Waals surface area contributed by atoms with Crippen LogP contribution in [0.15, 0.2) is 5.38 Å². The second-order valence-electron chi connectivity index (χ2n) is 2.80. The summed E-state index contributed by atoms with van der Waals surface area (Å²) in [7, 11) is 0. The number of carbonyl (C=O) groups is 1. The fourth-order valence-corrected chi connectivity index (χ4v) is 1.74. The Morgan fingerprint density at radius 1 is 1.43 bits per heavy atom. The molecule has 1 N–H and O–H groups in total. The van der Waals surface area contributed by atoms with Gasteiger partial charge in [0.15, 0.2) is 0 Å². The van der Waals surface area contributed by atoms with Crippen molar-refractivity contribution in [2.24, 2.45) is 0 Å². The average Bonchev–Trinajstić information content (AvgIpc) is 2.34. The van der Waals surface area contributed by atoms with Crippen LogP contribution in [0.25, 0.3) is 0 Å². The number of thiophene rings is 1. The van der Waals surface area contributed by atoms with Gasteiger partial charge in [-0.25, -0.2) is 0 Å². The summed E-state index contributed by atoms with van der Waals surface area (Å²) in [5.74, 6) is -1.93. The lowest BCUT2D eigenvalue weighted by atomic mass is 10.3. The second-order valence-corrected chi connectivity index (χ2v) is 3.89. The Kier molecular flexibility index (Phi) is 2.84. The van der Waals surface area contributed by atoms with E-state index in [0.29, 0.717) is 10.4 Å². The molecule has 0 aromatic carbocycles. The van der Waals surface area contributed by atoms with Gasteiger partial charge < -0.3 is 5.32 Å². The molecule has 0 radical (unpaired) electrons. The van der Waals surface area contributed by atoms with Crippen LogP contribution in [0.3, 0.4) is 0 Å². The van der Waals surface area contributed by atoms with Crippen LogP contribution in [-0.4, -0.2) is 12.1 Å². The van der Waals surface area contributed by atoms with Gasteiger partial charge in [-0.3, -0.25) is 4.79 Å². The molecule has 0 bridgehead atoms. The van der Waals surface area contributed by atoms with Gasteiger partial charge in [0, 0.05) is 4.88 Å². The molecule has 78 valence electrons. The number of hydrogen-bond donors (Lipinski definition) is 1. The Morgan fingerprint density at radius 3 is 2.36 bits per heavy atom. The highest BCUT2D eigenvalue weighted by atomic mass is 32.1. The molecule has 0 saturated heterocycles. The van der Waals surface area contributed by atoms with Gasteiger partial charge in [-0.05, 0) is 24.8 Å². The van der Waals surface area contributed by atoms with Gasteiger partial charge in [0.25, 0.3) is 0 Å². The molecule has 0 aliphatic carbocycles. The topological polar surface area (TPSA) is 29.1 Å². The van der Waals surface area contributed by atoms with Gasteiger partial charge in [0.2, 0.25) is 0 Å². The lowest BCUT2D eigenvalue weighted by molar-refractivity contribution is -0.167. The van der Waals surface area contributed by atoms with Crippen molar-refractivity contribution in [3.8, 4) is 0 Å². The zero-order chi connectivity index (χ0) is 10.9. The summed E-state index contributed by atoms with van der Waals surface area (Å²) in [6.07, 6.45) is -4.83. The fraction of sp³-hybridized carbons (Fsp3) is 0.375. The smallest absolute Gasteiger partial charge is 0.317 e. The van der Waals surface area contributed by atoms with Crippen molar-refractivity contribution >= 4 is 22.9 Å². The number of amides is 1. The summed E-state index contributed by atoms with van der Waals surface area (Å²) in [6.45, 7) is 3.30. The maximum Gasteiger partial charge on any atom is 0.471 e. The third-order valence-corrected chi connectivity index (χ3v) is 2.68. The Balaban J connectivity index is 2.85. The van der Waals surface area contributed by atoms with E-state index in [0.717, 1.165) is 0 Å². The SMILES string of the molecule is Cc1csc(C)c1NC(=O)C(F)(F)F. The van der Waals surface area contributed by atoms with Crippen molar-refractivity contribution in [2.45, 2.75) is 20.0 Å². The lowest BCUT2D eigenvalue weighted by Crippen LogP contribution is -2.30. The van der Waals surface area contributed by atoms with Crippen LogP contribution in [0.2, 0.25) is 0 Å². The van der Waals surface area contributed by atoms with E-state index in [2.05, 4.69) is 0 Å². The third-order valence-electron chi connectivity index (χ3n) is 1.65. The quantitative estimate of drug-likeness (QED) is 0.779. The monoisotopic (exact) mass is 223 g/mol. The summed E-state index contributed by atoms with van der Waals surface area (Å²) in [5.41, 5.74) is 0.905. The van der Waals surface area contributed by atoms with E-state index in [4.69, 9.17) is 0 Å². The first kappa shape index (κ1) is 11.0. The number of carbonyl (C=O) groups excluding carboxylic acids is 1. The number of rotatable bonds is 1. The average molecular weight is 223 g/mol. The molecule has 0 unspecified atom stereocenters. The van der Waals surface area contributed by atoms with Crippen LogP contribution in [-0.2, 0) is 4.79 Å². The van der Waals surface area contributed by atoms with Crippen LogP contribution in [0.1, 0.15) is 10.4 Å². The van der Waals surface area contributed by atoms with E-state index in [1.807, 2.05) is 5.32 Å². The maximum atomic E-state index is 11.9. The van der Waals surface area contributed by atoms with Crippen LogP contribution >= 0.6 is 11.3 Å². The number of aryl methyl sites for hydroxylation is 2. The molecule has 0 fully saturated rings. The van der Waals surface area contributed by atoms with E-state index < -0.39 is 12.1 Å². The largest absolute Gasteiger partial charge is 0.471 e. The summed E-state index contributed by atoms with van der Waals surface area (Å²) >= 11 is 1.30. The summed E-state index contributed by atoms with van der Waals surface area (Å²) in [6, 6.07) is 0. The zero-order valence-electron chi connectivity index (χ0n) is 7.53. The predicted octanol–water partition coefficient (Wildman–Crippen LogP) is 2.87. The first-order valence-corrected chi connectivity index (χ1v) is 4.63. The van der Waals surface area contributed by atoms with Crippen LogP contribution < -0.4 is 5.32 Å². The van der Waals surface area contributed by atoms with Gasteiger partial charge in [-0.1, -0.05) is 0 Å². The molecular weight excluding hydrogens is 215 g/mol. The van der Waals surface area contributed by atoms with Crippen molar-refractivity contribution in [2.75, 3.05) is 5.32 Å². The summed E-state index contributed by atoms with van der Waals surface area (Å²) in [5, 5.41) is 3.54. The van der Waals surface area contributed by atoms with Gasteiger partial charge in [0.1, 0.15) is 0 Å². The van der Waals surface area contributed by atoms with Crippen molar-refractivity contribution in [1.29, 1.82) is 0 Å². The predicted molar refractivity (Wildman–Crippen MR) is 48.5 cm³/mol. The normalized spacial score (nSPS) is 11.5. The Hall–Kier alpha value is -1.04. The minimum Gasteiger partial charge on any atom is -0.317 e. The number of alkyl halides is 3. The minimum atomic E-state index is -4.83. The maximum absolute atomic E-state index is 11.9. The molecule has 1 heterocycles. The van der Waals surface area contributed by atoms with Crippen LogP contribution in [0, 0.1) is 13.8 Å². The van der Waals surface area contributed by atoms with E-state index in [1.54, 1.807) is 19.2 Å². The lowest BCUT2D eigenvalue weighted by Gasteiger charge is -2.08. The van der Waals surface area contributed by atoms with E-state index in [-0.39, 0.29) is 5.69 Å². The summed E-state index contributed by atoms with van der Waals surface area (Å²) in [4.78, 5) is 11.3. The molecule has 0 aliphatic rings. The molecular formula is C8H8F3NOS. The van der Waals surface area contributed by atoms with Crippen molar-refractivity contribution in [3.05, 3.63) is 15.8 Å². The first-order valence-electron chi connectivity index (χ1n) is 3.75. The van der Waals surface area contributed by atoms with Gasteiger partial charge >= 0.3 is 12.1 Å². The molecule has 0 saturated carbocycles. The molecule has 2 nitrogen and oxygen atoms in total. The Labute approximate surface area is 82.7 Å². The minimum absolute atomic E-state index is 0.261. The van der Waals surface area contributed by atoms with Crippen molar-refractivity contribution < 1.29 is 18.0 Å². The van der Waals surface area contributed by atoms with E-state index in [9.17, 15) is 18.0 Å². The zero-order valence-corrected chi connectivity index (χ0v) is 8.34. The van der Waals surface area contributed by atoms with Gasteiger partial charge in [-0.2, -0.15) is 13.2 Å². The van der Waals surface area contributed by atoms with E-state index in [1.165, 1.54) is 11.3 Å². The summed E-state index contributed by atoms with van der Waals surface area (Å²) < 4.78 is 35.7. The number of halogens is 3. The molecule has 1 rings (SSSR count).